The molecule has 0 unspecified atom stereocenters. The summed E-state index contributed by atoms with van der Waals surface area (Å²) in [6, 6.07) is 11.1. The molecule has 0 bridgehead atoms. The number of hydrogen-bond acceptors (Lipinski definition) is 8. The lowest BCUT2D eigenvalue weighted by Crippen LogP contribution is -2.44. The summed E-state index contributed by atoms with van der Waals surface area (Å²) >= 11 is 3.25. The molecule has 0 aliphatic carbocycles. The summed E-state index contributed by atoms with van der Waals surface area (Å²) in [5, 5.41) is 11.7. The lowest BCUT2D eigenvalue weighted by atomic mass is 10.0. The first-order valence-corrected chi connectivity index (χ1v) is 13.8. The van der Waals surface area contributed by atoms with Crippen LogP contribution in [0.25, 0.3) is 28.0 Å². The van der Waals surface area contributed by atoms with E-state index in [0.717, 1.165) is 5.56 Å². The van der Waals surface area contributed by atoms with Crippen molar-refractivity contribution in [3.8, 4) is 17.1 Å². The fraction of sp³-hybridized carbons (Fsp3) is 0.214. The van der Waals surface area contributed by atoms with Crippen molar-refractivity contribution in [3.05, 3.63) is 77.5 Å². The highest BCUT2D eigenvalue weighted by Gasteiger charge is 2.40. The first kappa shape index (κ1) is 27.3. The molecule has 5 aromatic rings. The number of amides is 2. The van der Waals surface area contributed by atoms with Gasteiger partial charge in [-0.2, -0.15) is 10.2 Å². The molecule has 6 rings (SSSR count). The Bertz CT molecular complexity index is 1810. The van der Waals surface area contributed by atoms with E-state index in [1.165, 1.54) is 16.5 Å². The molecule has 2 atom stereocenters. The molecule has 14 heteroatoms. The minimum absolute atomic E-state index is 0.130. The number of nitrogens with zero attached hydrogens (tertiary/aromatic N) is 8. The fourth-order valence-electron chi connectivity index (χ4n) is 4.93. The van der Waals surface area contributed by atoms with Gasteiger partial charge in [0.1, 0.15) is 34.9 Å². The largest absolute Gasteiger partial charge is 0.326 e. The molecule has 42 heavy (non-hydrogen) atoms. The van der Waals surface area contributed by atoms with Gasteiger partial charge >= 0.3 is 0 Å². The van der Waals surface area contributed by atoms with E-state index in [2.05, 4.69) is 46.4 Å². The molecule has 1 aliphatic rings. The maximum Gasteiger partial charge on any atom is 0.250 e. The van der Waals surface area contributed by atoms with Crippen LogP contribution in [-0.4, -0.2) is 75.8 Å². The standard InChI is InChI=1S/C28H23BrFN9O3/c1-16(40)26-20-10-17(18-12-31-28(32-13-18)38-9-3-8-33-38)6-7-21(20)39(36-26)15-25(41)37-14-19(30)11-22(37)27(42)35-24-5-2-4-23(29)34-24/h2-10,12-13,19,22H,11,14-15H2,1H3,(H,34,35,42)/t19-,22+/m1/s1. The number of ketones is 1. The average Bonchev–Trinajstić information content (AvgIpc) is 3.72. The number of likely N-dealkylation sites (tertiary alicyclic amines) is 1. The van der Waals surface area contributed by atoms with E-state index in [0.29, 0.717) is 27.0 Å². The van der Waals surface area contributed by atoms with E-state index >= 15 is 0 Å². The van der Waals surface area contributed by atoms with Gasteiger partial charge in [0.15, 0.2) is 5.78 Å². The lowest BCUT2D eigenvalue weighted by molar-refractivity contribution is -0.137. The third-order valence-corrected chi connectivity index (χ3v) is 7.33. The molecule has 1 N–H and O–H groups in total. The van der Waals surface area contributed by atoms with Gasteiger partial charge in [0, 0.05) is 49.1 Å². The summed E-state index contributed by atoms with van der Waals surface area (Å²) in [7, 11) is 0. The van der Waals surface area contributed by atoms with Gasteiger partial charge in [0.05, 0.1) is 12.1 Å². The molecular formula is C28H23BrFN9O3. The zero-order chi connectivity index (χ0) is 29.4. The Hall–Kier alpha value is -4.85. The number of carbonyl (C=O) groups excluding carboxylic acids is 3. The Morgan fingerprint density at radius 1 is 1.10 bits per heavy atom. The van der Waals surface area contributed by atoms with Crippen LogP contribution in [0.2, 0.25) is 0 Å². The number of Topliss-reactive ketones (excluding diaryl/α,β-unsaturated/α-hetero) is 1. The van der Waals surface area contributed by atoms with Crippen LogP contribution in [0.5, 0.6) is 0 Å². The summed E-state index contributed by atoms with van der Waals surface area (Å²) in [5.41, 5.74) is 2.20. The van der Waals surface area contributed by atoms with Crippen LogP contribution in [0.15, 0.2) is 71.9 Å². The second-order valence-corrected chi connectivity index (χ2v) is 10.6. The van der Waals surface area contributed by atoms with Crippen LogP contribution in [0.1, 0.15) is 23.8 Å². The summed E-state index contributed by atoms with van der Waals surface area (Å²) in [6.45, 7) is 0.893. The predicted octanol–water partition coefficient (Wildman–Crippen LogP) is 3.62. The average molecular weight is 632 g/mol. The number of halogens is 2. The number of aromatic nitrogens is 7. The van der Waals surface area contributed by atoms with E-state index in [-0.39, 0.29) is 36.8 Å². The minimum Gasteiger partial charge on any atom is -0.326 e. The zero-order valence-corrected chi connectivity index (χ0v) is 23.8. The normalized spacial score (nSPS) is 16.6. The van der Waals surface area contributed by atoms with E-state index in [9.17, 15) is 18.8 Å². The van der Waals surface area contributed by atoms with E-state index in [4.69, 9.17) is 0 Å². The van der Waals surface area contributed by atoms with Gasteiger partial charge in [0.2, 0.25) is 17.8 Å². The van der Waals surface area contributed by atoms with E-state index < -0.39 is 24.0 Å². The number of rotatable bonds is 7. The molecule has 1 aromatic carbocycles. The van der Waals surface area contributed by atoms with Crippen LogP contribution >= 0.6 is 15.9 Å². The molecular weight excluding hydrogens is 609 g/mol. The van der Waals surface area contributed by atoms with Crippen LogP contribution < -0.4 is 5.32 Å². The van der Waals surface area contributed by atoms with Crippen LogP contribution in [0.3, 0.4) is 0 Å². The van der Waals surface area contributed by atoms with Gasteiger partial charge in [-0.15, -0.1) is 0 Å². The topological polar surface area (TPSA) is 141 Å². The number of carbonyl (C=O) groups is 3. The van der Waals surface area contributed by atoms with Crippen molar-refractivity contribution < 1.29 is 18.8 Å². The second kappa shape index (κ2) is 11.2. The molecule has 5 heterocycles. The van der Waals surface area contributed by atoms with Crippen molar-refractivity contribution in [2.24, 2.45) is 0 Å². The first-order chi connectivity index (χ1) is 20.3. The number of benzene rings is 1. The maximum atomic E-state index is 14.5. The molecule has 1 fully saturated rings. The number of fused-ring (bicyclic) bond motifs is 1. The highest BCUT2D eigenvalue weighted by atomic mass is 79.9. The molecule has 4 aromatic heterocycles. The summed E-state index contributed by atoms with van der Waals surface area (Å²) in [6.07, 6.45) is 5.19. The van der Waals surface area contributed by atoms with Crippen molar-refractivity contribution in [1.29, 1.82) is 0 Å². The van der Waals surface area contributed by atoms with Crippen molar-refractivity contribution >= 4 is 50.2 Å². The highest BCUT2D eigenvalue weighted by Crippen LogP contribution is 2.28. The van der Waals surface area contributed by atoms with Crippen LogP contribution in [0.4, 0.5) is 10.2 Å². The molecule has 0 saturated carbocycles. The van der Waals surface area contributed by atoms with Crippen LogP contribution in [-0.2, 0) is 16.1 Å². The number of nitrogens with one attached hydrogen (secondary N) is 1. The molecule has 0 radical (unpaired) electrons. The van der Waals surface area contributed by atoms with Gasteiger partial charge in [-0.25, -0.2) is 24.0 Å². The molecule has 212 valence electrons. The smallest absolute Gasteiger partial charge is 0.250 e. The van der Waals surface area contributed by atoms with Gasteiger partial charge in [0.25, 0.3) is 0 Å². The van der Waals surface area contributed by atoms with Crippen molar-refractivity contribution in [2.45, 2.75) is 32.1 Å². The minimum atomic E-state index is -1.35. The van der Waals surface area contributed by atoms with Gasteiger partial charge in [-0.3, -0.25) is 19.1 Å². The number of anilines is 1. The Morgan fingerprint density at radius 2 is 1.90 bits per heavy atom. The van der Waals surface area contributed by atoms with Crippen LogP contribution in [0, 0.1) is 0 Å². The van der Waals surface area contributed by atoms with E-state index in [1.54, 1.807) is 65.9 Å². The Kier molecular flexibility index (Phi) is 7.29. The summed E-state index contributed by atoms with van der Waals surface area (Å²) < 4.78 is 18.0. The number of pyridine rings is 1. The Labute approximate surface area is 246 Å². The quantitative estimate of drug-likeness (QED) is 0.212. The fourth-order valence-corrected chi connectivity index (χ4v) is 5.27. The molecule has 2 amide bonds. The molecule has 1 saturated heterocycles. The number of hydrogen-bond donors (Lipinski definition) is 1. The third kappa shape index (κ3) is 5.40. The van der Waals surface area contributed by atoms with E-state index in [1.807, 2.05) is 6.07 Å². The Morgan fingerprint density at radius 3 is 2.62 bits per heavy atom. The van der Waals surface area contributed by atoms with Crippen molar-refractivity contribution in [3.63, 3.8) is 0 Å². The number of alkyl halides is 1. The zero-order valence-electron chi connectivity index (χ0n) is 22.2. The maximum absolute atomic E-state index is 14.5. The van der Waals surface area contributed by atoms with Gasteiger partial charge < -0.3 is 10.2 Å². The SMILES string of the molecule is CC(=O)c1nn(CC(=O)N2C[C@H](F)C[C@H]2C(=O)Nc2cccc(Br)n2)c2ccc(-c3cnc(-n4cccn4)nc3)cc12. The summed E-state index contributed by atoms with van der Waals surface area (Å²) in [5.74, 6) is -0.612. The lowest BCUT2D eigenvalue weighted by Gasteiger charge is -2.23. The monoisotopic (exact) mass is 631 g/mol. The Balaban J connectivity index is 1.25. The summed E-state index contributed by atoms with van der Waals surface area (Å²) in [4.78, 5) is 53.0. The molecule has 1 aliphatic heterocycles. The third-order valence-electron chi connectivity index (χ3n) is 6.89. The molecule has 12 nitrogen and oxygen atoms in total. The van der Waals surface area contributed by atoms with Gasteiger partial charge in [-0.05, 0) is 51.8 Å². The van der Waals surface area contributed by atoms with Crippen molar-refractivity contribution in [1.82, 2.24) is 39.4 Å². The predicted molar refractivity (Wildman–Crippen MR) is 153 cm³/mol. The van der Waals surface area contributed by atoms with Gasteiger partial charge in [-0.1, -0.05) is 12.1 Å². The first-order valence-electron chi connectivity index (χ1n) is 13.0. The molecule has 0 spiro atoms. The van der Waals surface area contributed by atoms with Crippen molar-refractivity contribution in [2.75, 3.05) is 11.9 Å². The highest BCUT2D eigenvalue weighted by molar-refractivity contribution is 9.10. The second-order valence-electron chi connectivity index (χ2n) is 9.75.